The van der Waals surface area contributed by atoms with Gasteiger partial charge in [-0.2, -0.15) is 0 Å². The van der Waals surface area contributed by atoms with Crippen LogP contribution in [0.4, 0.5) is 5.69 Å². The number of rotatable bonds is 9. The number of hydrogen-bond acceptors (Lipinski definition) is 5. The van der Waals surface area contributed by atoms with Crippen molar-refractivity contribution in [1.82, 2.24) is 9.88 Å². The van der Waals surface area contributed by atoms with Crippen molar-refractivity contribution in [1.29, 1.82) is 0 Å². The van der Waals surface area contributed by atoms with E-state index in [1.165, 1.54) is 4.90 Å². The Kier molecular flexibility index (Phi) is 6.83. The molecule has 0 N–H and O–H groups in total. The maximum Gasteiger partial charge on any atom is 0.278 e. The first-order valence-electron chi connectivity index (χ1n) is 11.2. The van der Waals surface area contributed by atoms with Gasteiger partial charge in [-0.1, -0.05) is 43.3 Å². The third-order valence-electron chi connectivity index (χ3n) is 5.46. The average molecular weight is 442 g/mol. The molecule has 0 saturated heterocycles. The highest BCUT2D eigenvalue weighted by molar-refractivity contribution is 6.36. The second kappa shape index (κ2) is 10.1. The number of likely N-dealkylation sites (N-methyl/N-ethyl adjacent to an activating group) is 1. The number of nitrogens with zero attached hydrogens (tertiary/aromatic N) is 3. The van der Waals surface area contributed by atoms with Gasteiger partial charge in [0.25, 0.3) is 11.8 Å². The number of hydrogen-bond donors (Lipinski definition) is 0. The normalized spacial score (nSPS) is 13.6. The molecule has 2 amide bonds. The zero-order valence-corrected chi connectivity index (χ0v) is 18.9. The highest BCUT2D eigenvalue weighted by Gasteiger charge is 2.41. The van der Waals surface area contributed by atoms with E-state index in [0.29, 0.717) is 35.7 Å². The van der Waals surface area contributed by atoms with Crippen molar-refractivity contribution in [2.24, 2.45) is 0 Å². The van der Waals surface area contributed by atoms with Gasteiger partial charge >= 0.3 is 0 Å². The average Bonchev–Trinajstić information content (AvgIpc) is 3.10. The fourth-order valence-corrected chi connectivity index (χ4v) is 3.89. The minimum atomic E-state index is -0.322. The third kappa shape index (κ3) is 4.65. The summed E-state index contributed by atoms with van der Waals surface area (Å²) in [6, 6.07) is 22.5. The third-order valence-corrected chi connectivity index (χ3v) is 5.46. The molecule has 6 heteroatoms. The molecule has 168 valence electrons. The van der Waals surface area contributed by atoms with E-state index < -0.39 is 0 Å². The van der Waals surface area contributed by atoms with E-state index >= 15 is 0 Å². The highest BCUT2D eigenvalue weighted by Crippen LogP contribution is 2.35. The van der Waals surface area contributed by atoms with E-state index in [1.807, 2.05) is 91.5 Å². The van der Waals surface area contributed by atoms with Crippen LogP contribution in [0.3, 0.4) is 0 Å². The lowest BCUT2D eigenvalue weighted by Crippen LogP contribution is -2.35. The van der Waals surface area contributed by atoms with Gasteiger partial charge < -0.3 is 9.64 Å². The zero-order chi connectivity index (χ0) is 23.2. The zero-order valence-electron chi connectivity index (χ0n) is 18.9. The van der Waals surface area contributed by atoms with Crippen molar-refractivity contribution >= 4 is 23.1 Å². The van der Waals surface area contributed by atoms with Gasteiger partial charge in [0.15, 0.2) is 0 Å². The highest BCUT2D eigenvalue weighted by atomic mass is 16.5. The van der Waals surface area contributed by atoms with Gasteiger partial charge in [0.1, 0.15) is 11.4 Å². The standard InChI is InChI=1S/C27H27N3O3/c1-3-18-33-23-15-13-20(14-16-23)24-25(29(4-2)22-11-6-5-7-12-22)27(32)30(26(24)31)19-21-10-8-9-17-28-21/h5-17H,3-4,18-19H2,1-2H3. The van der Waals surface area contributed by atoms with Crippen LogP contribution >= 0.6 is 0 Å². The summed E-state index contributed by atoms with van der Waals surface area (Å²) >= 11 is 0. The maximum absolute atomic E-state index is 13.6. The van der Waals surface area contributed by atoms with Crippen molar-refractivity contribution in [3.05, 3.63) is 95.9 Å². The Labute approximate surface area is 194 Å². The Morgan fingerprint density at radius 3 is 2.24 bits per heavy atom. The van der Waals surface area contributed by atoms with Gasteiger partial charge in [-0.3, -0.25) is 19.5 Å². The smallest absolute Gasteiger partial charge is 0.278 e. The van der Waals surface area contributed by atoms with E-state index in [2.05, 4.69) is 4.98 Å². The molecule has 3 aromatic rings. The number of carbonyl (C=O) groups excluding carboxylic acids is 2. The fraction of sp³-hybridized carbons (Fsp3) is 0.222. The van der Waals surface area contributed by atoms with Crippen molar-refractivity contribution < 1.29 is 14.3 Å². The molecule has 1 aliphatic rings. The van der Waals surface area contributed by atoms with Gasteiger partial charge in [-0.05, 0) is 55.3 Å². The number of aromatic nitrogens is 1. The van der Waals surface area contributed by atoms with Crippen LogP contribution in [-0.2, 0) is 16.1 Å². The van der Waals surface area contributed by atoms with Crippen LogP contribution in [0.1, 0.15) is 31.5 Å². The minimum Gasteiger partial charge on any atom is -0.494 e. The Bertz CT molecular complexity index is 1140. The molecule has 0 bridgehead atoms. The Morgan fingerprint density at radius 2 is 1.61 bits per heavy atom. The Hall–Kier alpha value is -3.93. The Morgan fingerprint density at radius 1 is 0.879 bits per heavy atom. The summed E-state index contributed by atoms with van der Waals surface area (Å²) in [6.45, 7) is 5.30. The second-order valence-corrected chi connectivity index (χ2v) is 7.69. The first kappa shape index (κ1) is 22.3. The van der Waals surface area contributed by atoms with Gasteiger partial charge in [0, 0.05) is 18.4 Å². The van der Waals surface area contributed by atoms with Crippen molar-refractivity contribution in [3.63, 3.8) is 0 Å². The van der Waals surface area contributed by atoms with Crippen LogP contribution in [0.5, 0.6) is 5.75 Å². The topological polar surface area (TPSA) is 62.7 Å². The molecule has 0 radical (unpaired) electrons. The molecule has 4 rings (SSSR count). The van der Waals surface area contributed by atoms with Gasteiger partial charge in [0.05, 0.1) is 24.4 Å². The summed E-state index contributed by atoms with van der Waals surface area (Å²) in [5.74, 6) is 0.0928. The summed E-state index contributed by atoms with van der Waals surface area (Å²) < 4.78 is 5.69. The largest absolute Gasteiger partial charge is 0.494 e. The first-order valence-corrected chi connectivity index (χ1v) is 11.2. The molecule has 6 nitrogen and oxygen atoms in total. The Balaban J connectivity index is 1.77. The molecule has 0 atom stereocenters. The molecular weight excluding hydrogens is 414 g/mol. The number of amides is 2. The molecule has 1 aromatic heterocycles. The summed E-state index contributed by atoms with van der Waals surface area (Å²) in [5, 5.41) is 0. The number of benzene rings is 2. The van der Waals surface area contributed by atoms with Crippen molar-refractivity contribution in [3.8, 4) is 5.75 Å². The van der Waals surface area contributed by atoms with Gasteiger partial charge in [-0.15, -0.1) is 0 Å². The van der Waals surface area contributed by atoms with Crippen LogP contribution in [-0.4, -0.2) is 34.8 Å². The second-order valence-electron chi connectivity index (χ2n) is 7.69. The van der Waals surface area contributed by atoms with Crippen LogP contribution in [0.25, 0.3) is 5.57 Å². The summed E-state index contributed by atoms with van der Waals surface area (Å²) in [5.41, 5.74) is 2.97. The van der Waals surface area contributed by atoms with E-state index in [1.54, 1.807) is 6.20 Å². The number of ether oxygens (including phenoxy) is 1. The molecule has 2 heterocycles. The predicted octanol–water partition coefficient (Wildman–Crippen LogP) is 4.68. The number of imide groups is 1. The molecule has 0 fully saturated rings. The first-order chi connectivity index (χ1) is 16.1. The molecule has 0 saturated carbocycles. The molecule has 0 aliphatic carbocycles. The van der Waals surface area contributed by atoms with Gasteiger partial charge in [-0.25, -0.2) is 0 Å². The summed E-state index contributed by atoms with van der Waals surface area (Å²) in [4.78, 5) is 34.7. The van der Waals surface area contributed by atoms with Crippen molar-refractivity contribution in [2.45, 2.75) is 26.8 Å². The molecule has 2 aromatic carbocycles. The molecule has 33 heavy (non-hydrogen) atoms. The minimum absolute atomic E-state index is 0.121. The number of para-hydroxylation sites is 1. The monoisotopic (exact) mass is 441 g/mol. The van der Waals surface area contributed by atoms with Crippen molar-refractivity contribution in [2.75, 3.05) is 18.1 Å². The lowest BCUT2D eigenvalue weighted by atomic mass is 10.0. The number of pyridine rings is 1. The van der Waals surface area contributed by atoms with Crippen LogP contribution in [0, 0.1) is 0 Å². The summed E-state index contributed by atoms with van der Waals surface area (Å²) in [6.07, 6.45) is 2.57. The van der Waals surface area contributed by atoms with Crippen LogP contribution in [0.15, 0.2) is 84.7 Å². The van der Waals surface area contributed by atoms with E-state index in [9.17, 15) is 9.59 Å². The van der Waals surface area contributed by atoms with E-state index in [4.69, 9.17) is 4.74 Å². The molecule has 0 spiro atoms. The lowest BCUT2D eigenvalue weighted by Gasteiger charge is -2.24. The molecule has 0 unspecified atom stereocenters. The maximum atomic E-state index is 13.6. The quantitative estimate of drug-likeness (QED) is 0.451. The van der Waals surface area contributed by atoms with Gasteiger partial charge in [0.2, 0.25) is 0 Å². The number of carbonyl (C=O) groups is 2. The summed E-state index contributed by atoms with van der Waals surface area (Å²) in [7, 11) is 0. The van der Waals surface area contributed by atoms with E-state index in [0.717, 1.165) is 17.9 Å². The lowest BCUT2D eigenvalue weighted by molar-refractivity contribution is -0.137. The van der Waals surface area contributed by atoms with Crippen LogP contribution < -0.4 is 9.64 Å². The van der Waals surface area contributed by atoms with E-state index in [-0.39, 0.29) is 18.4 Å². The molecule has 1 aliphatic heterocycles. The molecular formula is C27H27N3O3. The SMILES string of the molecule is CCCOc1ccc(C2=C(N(CC)c3ccccc3)C(=O)N(Cc3ccccn3)C2=O)cc1. The van der Waals surface area contributed by atoms with Crippen LogP contribution in [0.2, 0.25) is 0 Å². The predicted molar refractivity (Wildman–Crippen MR) is 128 cm³/mol. The fourth-order valence-electron chi connectivity index (χ4n) is 3.89. The number of anilines is 1.